The number of hydrogen-bond acceptors (Lipinski definition) is 5. The summed E-state index contributed by atoms with van der Waals surface area (Å²) in [7, 11) is 1.55. The van der Waals surface area contributed by atoms with Gasteiger partial charge in [-0.15, -0.1) is 0 Å². The van der Waals surface area contributed by atoms with Crippen molar-refractivity contribution in [1.29, 1.82) is 0 Å². The fourth-order valence-electron chi connectivity index (χ4n) is 2.49. The maximum absolute atomic E-state index is 12.5. The van der Waals surface area contributed by atoms with E-state index in [4.69, 9.17) is 29.2 Å². The highest BCUT2D eigenvalue weighted by Gasteiger charge is 2.27. The standard InChI is InChI=1S/C21H23F3N6OS2/c1-3-25-19(32)29-28-18(15-9-11-16(31-2)12-10-15)17(14-7-5-4-6-8-14)27-30-20(33)26-13-21(22,23)24/h4-12H,3,13H2,1-2H3,(H2,25,29,32)(H2,26,30,33). The molecule has 2 rings (SSSR count). The van der Waals surface area contributed by atoms with E-state index in [1.54, 1.807) is 55.6 Å². The summed E-state index contributed by atoms with van der Waals surface area (Å²) in [6, 6.07) is 16.0. The molecular formula is C21H23F3N6OS2. The molecule has 0 spiro atoms. The number of ether oxygens (including phenoxy) is 1. The second kappa shape index (κ2) is 12.7. The zero-order chi connectivity index (χ0) is 24.3. The van der Waals surface area contributed by atoms with E-state index in [9.17, 15) is 13.2 Å². The van der Waals surface area contributed by atoms with Crippen molar-refractivity contribution in [3.05, 3.63) is 65.7 Å². The van der Waals surface area contributed by atoms with E-state index in [0.717, 1.165) is 0 Å². The van der Waals surface area contributed by atoms with Crippen molar-refractivity contribution in [2.75, 3.05) is 20.2 Å². The Labute approximate surface area is 200 Å². The second-order valence-corrected chi connectivity index (χ2v) is 7.21. The van der Waals surface area contributed by atoms with Crippen molar-refractivity contribution >= 4 is 46.1 Å². The summed E-state index contributed by atoms with van der Waals surface area (Å²) in [5.74, 6) is 0.642. The SMILES string of the molecule is CCNC(=S)NN=C(C(=NNC(=S)NCC(F)(F)F)c1ccccc1)c1ccc(OC)cc1. The molecule has 0 bridgehead atoms. The van der Waals surface area contributed by atoms with Crippen LogP contribution >= 0.6 is 24.4 Å². The van der Waals surface area contributed by atoms with Crippen molar-refractivity contribution in [1.82, 2.24) is 21.5 Å². The van der Waals surface area contributed by atoms with Crippen LogP contribution in [0, 0.1) is 0 Å². The molecule has 12 heteroatoms. The molecule has 0 radical (unpaired) electrons. The highest BCUT2D eigenvalue weighted by molar-refractivity contribution is 7.80. The van der Waals surface area contributed by atoms with Crippen LogP contribution < -0.4 is 26.2 Å². The zero-order valence-corrected chi connectivity index (χ0v) is 19.5. The molecule has 33 heavy (non-hydrogen) atoms. The lowest BCUT2D eigenvalue weighted by Crippen LogP contribution is -2.39. The summed E-state index contributed by atoms with van der Waals surface area (Å²) in [6.45, 7) is 1.20. The normalized spacial score (nSPS) is 12.0. The molecule has 0 aromatic heterocycles. The number of hydrogen-bond donors (Lipinski definition) is 4. The molecule has 0 fully saturated rings. The number of halogens is 3. The van der Waals surface area contributed by atoms with Crippen LogP contribution in [-0.2, 0) is 0 Å². The Morgan fingerprint density at radius 3 is 1.85 bits per heavy atom. The number of thiocarbonyl (C=S) groups is 2. The molecule has 0 aliphatic rings. The molecule has 0 aliphatic heterocycles. The van der Waals surface area contributed by atoms with E-state index < -0.39 is 12.7 Å². The summed E-state index contributed by atoms with van der Waals surface area (Å²) in [4.78, 5) is 0. The van der Waals surface area contributed by atoms with Crippen LogP contribution in [0.5, 0.6) is 5.75 Å². The topological polar surface area (TPSA) is 82.1 Å². The minimum absolute atomic E-state index is 0.286. The third-order valence-electron chi connectivity index (χ3n) is 3.96. The Kier molecular flexibility index (Phi) is 10.0. The quantitative estimate of drug-likeness (QED) is 0.254. The summed E-state index contributed by atoms with van der Waals surface area (Å²) in [6.07, 6.45) is -4.42. The van der Waals surface area contributed by atoms with Gasteiger partial charge in [0.2, 0.25) is 0 Å². The number of methoxy groups -OCH3 is 1. The molecule has 0 aliphatic carbocycles. The van der Waals surface area contributed by atoms with Gasteiger partial charge in [-0.3, -0.25) is 10.9 Å². The molecule has 2 aromatic carbocycles. The van der Waals surface area contributed by atoms with Gasteiger partial charge in [0, 0.05) is 17.7 Å². The second-order valence-electron chi connectivity index (χ2n) is 6.40. The van der Waals surface area contributed by atoms with E-state index >= 15 is 0 Å². The van der Waals surface area contributed by atoms with E-state index in [1.807, 2.05) is 13.0 Å². The van der Waals surface area contributed by atoms with Crippen LogP contribution in [0.25, 0.3) is 0 Å². The lowest BCUT2D eigenvalue weighted by molar-refractivity contribution is -0.122. The van der Waals surface area contributed by atoms with E-state index in [-0.39, 0.29) is 5.11 Å². The third-order valence-corrected chi connectivity index (χ3v) is 4.43. The summed E-state index contributed by atoms with van der Waals surface area (Å²) in [5, 5.41) is 13.7. The smallest absolute Gasteiger partial charge is 0.405 e. The Balaban J connectivity index is 2.46. The predicted octanol–water partition coefficient (Wildman–Crippen LogP) is 3.31. The van der Waals surface area contributed by atoms with Gasteiger partial charge in [-0.05, 0) is 55.6 Å². The number of benzene rings is 2. The van der Waals surface area contributed by atoms with Gasteiger partial charge < -0.3 is 15.4 Å². The largest absolute Gasteiger partial charge is 0.497 e. The molecule has 0 unspecified atom stereocenters. The van der Waals surface area contributed by atoms with E-state index in [2.05, 4.69) is 31.7 Å². The molecule has 4 N–H and O–H groups in total. The summed E-state index contributed by atoms with van der Waals surface area (Å²) >= 11 is 10.1. The van der Waals surface area contributed by atoms with Gasteiger partial charge in [-0.25, -0.2) is 0 Å². The maximum atomic E-state index is 12.5. The van der Waals surface area contributed by atoms with Crippen LogP contribution in [0.1, 0.15) is 18.1 Å². The van der Waals surface area contributed by atoms with Gasteiger partial charge in [-0.2, -0.15) is 23.4 Å². The molecule has 0 saturated heterocycles. The van der Waals surface area contributed by atoms with E-state index in [0.29, 0.717) is 40.0 Å². The number of alkyl halides is 3. The molecular weight excluding hydrogens is 473 g/mol. The van der Waals surface area contributed by atoms with E-state index in [1.165, 1.54) is 0 Å². The first-order valence-corrected chi connectivity index (χ1v) is 10.5. The van der Waals surface area contributed by atoms with Crippen molar-refractivity contribution in [3.8, 4) is 5.75 Å². The minimum atomic E-state index is -4.42. The number of nitrogens with one attached hydrogen (secondary N) is 4. The van der Waals surface area contributed by atoms with Crippen LogP contribution in [0.3, 0.4) is 0 Å². The molecule has 176 valence electrons. The highest BCUT2D eigenvalue weighted by atomic mass is 32.1. The van der Waals surface area contributed by atoms with Crippen LogP contribution in [0.4, 0.5) is 13.2 Å². The fraction of sp³-hybridized carbons (Fsp3) is 0.238. The Morgan fingerprint density at radius 1 is 0.848 bits per heavy atom. The number of rotatable bonds is 8. The highest BCUT2D eigenvalue weighted by Crippen LogP contribution is 2.15. The van der Waals surface area contributed by atoms with Crippen molar-refractivity contribution in [2.45, 2.75) is 13.1 Å². The van der Waals surface area contributed by atoms with Gasteiger partial charge in [0.1, 0.15) is 23.7 Å². The Bertz CT molecular complexity index is 995. The summed E-state index contributed by atoms with van der Waals surface area (Å²) < 4.78 is 42.7. The minimum Gasteiger partial charge on any atom is -0.497 e. The molecule has 0 atom stereocenters. The maximum Gasteiger partial charge on any atom is 0.405 e. The molecule has 0 saturated carbocycles. The number of nitrogens with zero attached hydrogens (tertiary/aromatic N) is 2. The lowest BCUT2D eigenvalue weighted by atomic mass is 10.00. The molecule has 2 aromatic rings. The molecule has 7 nitrogen and oxygen atoms in total. The fourth-order valence-corrected chi connectivity index (χ4v) is 2.79. The molecule has 0 heterocycles. The Morgan fingerprint density at radius 2 is 1.36 bits per heavy atom. The third kappa shape index (κ3) is 9.02. The van der Waals surface area contributed by atoms with Crippen LogP contribution in [0.15, 0.2) is 64.8 Å². The predicted molar refractivity (Wildman–Crippen MR) is 132 cm³/mol. The van der Waals surface area contributed by atoms with Crippen molar-refractivity contribution < 1.29 is 17.9 Å². The van der Waals surface area contributed by atoms with Gasteiger partial charge in [0.05, 0.1) is 7.11 Å². The molecule has 0 amide bonds. The van der Waals surface area contributed by atoms with Crippen LogP contribution in [0.2, 0.25) is 0 Å². The monoisotopic (exact) mass is 496 g/mol. The van der Waals surface area contributed by atoms with Gasteiger partial charge >= 0.3 is 6.18 Å². The lowest BCUT2D eigenvalue weighted by Gasteiger charge is -2.14. The van der Waals surface area contributed by atoms with Gasteiger partial charge in [0.15, 0.2) is 10.2 Å². The average Bonchev–Trinajstić information content (AvgIpc) is 2.80. The van der Waals surface area contributed by atoms with Crippen molar-refractivity contribution in [3.63, 3.8) is 0 Å². The Hall–Kier alpha value is -3.25. The van der Waals surface area contributed by atoms with Crippen LogP contribution in [-0.4, -0.2) is 48.0 Å². The van der Waals surface area contributed by atoms with Crippen molar-refractivity contribution in [2.24, 2.45) is 10.2 Å². The number of hydrazone groups is 2. The first-order valence-electron chi connectivity index (χ1n) is 9.73. The van der Waals surface area contributed by atoms with Gasteiger partial charge in [-0.1, -0.05) is 30.3 Å². The van der Waals surface area contributed by atoms with Gasteiger partial charge in [0.25, 0.3) is 0 Å². The summed E-state index contributed by atoms with van der Waals surface area (Å²) in [5.41, 5.74) is 7.23. The first-order chi connectivity index (χ1) is 15.7. The zero-order valence-electron chi connectivity index (χ0n) is 17.9. The average molecular weight is 497 g/mol. The first kappa shape index (κ1) is 26.0.